The first-order valence-electron chi connectivity index (χ1n) is 8.95. The highest BCUT2D eigenvalue weighted by atomic mass is 32.1. The Morgan fingerprint density at radius 2 is 2.08 bits per heavy atom. The predicted octanol–water partition coefficient (Wildman–Crippen LogP) is 3.01. The molecule has 0 aliphatic carbocycles. The second kappa shape index (κ2) is 8.31. The summed E-state index contributed by atoms with van der Waals surface area (Å²) in [5.74, 6) is 0.818. The van der Waals surface area contributed by atoms with Crippen molar-refractivity contribution in [3.8, 4) is 0 Å². The second-order valence-corrected chi connectivity index (χ2v) is 7.56. The van der Waals surface area contributed by atoms with Crippen LogP contribution >= 0.6 is 11.3 Å². The molecule has 0 saturated heterocycles. The molecule has 0 aliphatic rings. The van der Waals surface area contributed by atoms with E-state index >= 15 is 0 Å². The summed E-state index contributed by atoms with van der Waals surface area (Å²) in [4.78, 5) is 15.2. The number of nitrogens with one attached hydrogen (secondary N) is 2. The molecule has 6 nitrogen and oxygen atoms in total. The van der Waals surface area contributed by atoms with Crippen LogP contribution in [-0.4, -0.2) is 33.4 Å². The van der Waals surface area contributed by atoms with E-state index in [-0.39, 0.29) is 0 Å². The van der Waals surface area contributed by atoms with Crippen molar-refractivity contribution in [3.05, 3.63) is 51.4 Å². The van der Waals surface area contributed by atoms with Crippen LogP contribution in [-0.2, 0) is 13.0 Å². The maximum absolute atomic E-state index is 4.72. The molecule has 0 spiro atoms. The summed E-state index contributed by atoms with van der Waals surface area (Å²) in [6.07, 6.45) is 4.98. The van der Waals surface area contributed by atoms with Crippen LogP contribution in [0.2, 0.25) is 0 Å². The smallest absolute Gasteiger partial charge is 0.191 e. The van der Waals surface area contributed by atoms with Gasteiger partial charge in [0.1, 0.15) is 10.7 Å². The van der Waals surface area contributed by atoms with Crippen molar-refractivity contribution >= 4 is 22.9 Å². The SMILES string of the molecule is CCNC(=NCc1nc(C)c(C)s1)NCCc1cn2cccc(C)c2n1. The zero-order valence-electron chi connectivity index (χ0n) is 15.8. The molecule has 2 N–H and O–H groups in total. The molecule has 0 saturated carbocycles. The van der Waals surface area contributed by atoms with Crippen LogP contribution in [0.3, 0.4) is 0 Å². The topological polar surface area (TPSA) is 66.6 Å². The lowest BCUT2D eigenvalue weighted by Gasteiger charge is -2.10. The van der Waals surface area contributed by atoms with Gasteiger partial charge < -0.3 is 15.0 Å². The molecule has 0 amide bonds. The van der Waals surface area contributed by atoms with Gasteiger partial charge in [0.2, 0.25) is 0 Å². The van der Waals surface area contributed by atoms with Gasteiger partial charge in [-0.1, -0.05) is 6.07 Å². The van der Waals surface area contributed by atoms with Crippen molar-refractivity contribution in [2.45, 2.75) is 40.7 Å². The maximum Gasteiger partial charge on any atom is 0.191 e. The third kappa shape index (κ3) is 4.40. The first kappa shape index (κ1) is 18.4. The predicted molar refractivity (Wildman–Crippen MR) is 108 cm³/mol. The molecular formula is C19H26N6S. The number of rotatable bonds is 6. The number of hydrogen-bond acceptors (Lipinski definition) is 4. The summed E-state index contributed by atoms with van der Waals surface area (Å²) in [6.45, 7) is 10.5. The summed E-state index contributed by atoms with van der Waals surface area (Å²) in [5.41, 5.74) is 4.39. The number of hydrogen-bond donors (Lipinski definition) is 2. The Balaban J connectivity index is 1.59. The number of aromatic nitrogens is 3. The lowest BCUT2D eigenvalue weighted by atomic mass is 10.3. The zero-order valence-corrected chi connectivity index (χ0v) is 16.7. The summed E-state index contributed by atoms with van der Waals surface area (Å²) in [5, 5.41) is 7.72. The van der Waals surface area contributed by atoms with Gasteiger partial charge in [0, 0.05) is 36.8 Å². The first-order valence-corrected chi connectivity index (χ1v) is 9.76. The van der Waals surface area contributed by atoms with Gasteiger partial charge in [-0.25, -0.2) is 15.0 Å². The highest BCUT2D eigenvalue weighted by Gasteiger charge is 2.06. The van der Waals surface area contributed by atoms with Crippen LogP contribution in [0.25, 0.3) is 5.65 Å². The van der Waals surface area contributed by atoms with Crippen LogP contribution in [0.5, 0.6) is 0 Å². The van der Waals surface area contributed by atoms with Crippen LogP contribution in [0.15, 0.2) is 29.5 Å². The number of guanidine groups is 1. The number of pyridine rings is 1. The molecule has 0 radical (unpaired) electrons. The van der Waals surface area contributed by atoms with Crippen molar-refractivity contribution in [3.63, 3.8) is 0 Å². The Kier molecular flexibility index (Phi) is 5.88. The zero-order chi connectivity index (χ0) is 18.5. The Morgan fingerprint density at radius 3 is 2.77 bits per heavy atom. The largest absolute Gasteiger partial charge is 0.357 e. The van der Waals surface area contributed by atoms with Crippen molar-refractivity contribution in [1.82, 2.24) is 25.0 Å². The van der Waals surface area contributed by atoms with E-state index in [2.05, 4.69) is 58.0 Å². The normalized spacial score (nSPS) is 11.9. The van der Waals surface area contributed by atoms with Crippen LogP contribution in [0, 0.1) is 20.8 Å². The molecule has 26 heavy (non-hydrogen) atoms. The molecule has 0 aromatic carbocycles. The standard InChI is InChI=1S/C19H26N6S/c1-5-20-19(22-11-17-23-14(3)15(4)26-17)21-9-8-16-12-25-10-6-7-13(2)18(25)24-16/h6-7,10,12H,5,8-9,11H2,1-4H3,(H2,20,21,22). The fourth-order valence-corrected chi connectivity index (χ4v) is 3.59. The van der Waals surface area contributed by atoms with Gasteiger partial charge in [0.15, 0.2) is 5.96 Å². The van der Waals surface area contributed by atoms with Gasteiger partial charge in [-0.3, -0.25) is 0 Å². The molecule has 3 aromatic rings. The molecule has 3 aromatic heterocycles. The summed E-state index contributed by atoms with van der Waals surface area (Å²) in [6, 6.07) is 4.13. The molecule has 0 bridgehead atoms. The summed E-state index contributed by atoms with van der Waals surface area (Å²) >= 11 is 1.71. The van der Waals surface area contributed by atoms with Crippen molar-refractivity contribution in [2.24, 2.45) is 4.99 Å². The monoisotopic (exact) mass is 370 g/mol. The van der Waals surface area contributed by atoms with Crippen molar-refractivity contribution in [2.75, 3.05) is 13.1 Å². The average Bonchev–Trinajstić information content (AvgIpc) is 3.17. The number of imidazole rings is 1. The number of nitrogens with zero attached hydrogens (tertiary/aromatic N) is 4. The Labute approximate surface area is 158 Å². The molecule has 7 heteroatoms. The summed E-state index contributed by atoms with van der Waals surface area (Å²) in [7, 11) is 0. The van der Waals surface area contributed by atoms with E-state index < -0.39 is 0 Å². The average molecular weight is 371 g/mol. The molecule has 3 heterocycles. The van der Waals surface area contributed by atoms with E-state index in [1.165, 1.54) is 10.4 Å². The van der Waals surface area contributed by atoms with Crippen LogP contribution in [0.4, 0.5) is 0 Å². The highest BCUT2D eigenvalue weighted by molar-refractivity contribution is 7.11. The third-order valence-corrected chi connectivity index (χ3v) is 5.25. The number of thiazole rings is 1. The molecule has 0 aliphatic heterocycles. The van der Waals surface area contributed by atoms with Gasteiger partial charge in [0.25, 0.3) is 0 Å². The van der Waals surface area contributed by atoms with Gasteiger partial charge in [0.05, 0.1) is 17.9 Å². The summed E-state index contributed by atoms with van der Waals surface area (Å²) < 4.78 is 2.08. The second-order valence-electron chi connectivity index (χ2n) is 6.28. The van der Waals surface area contributed by atoms with E-state index in [0.29, 0.717) is 6.54 Å². The molecule has 0 atom stereocenters. The van der Waals surface area contributed by atoms with Crippen molar-refractivity contribution < 1.29 is 0 Å². The van der Waals surface area contributed by atoms with E-state index in [9.17, 15) is 0 Å². The van der Waals surface area contributed by atoms with Gasteiger partial charge in [-0.05, 0) is 39.3 Å². The lowest BCUT2D eigenvalue weighted by molar-refractivity contribution is 0.790. The minimum atomic E-state index is 0.599. The Hall–Kier alpha value is -2.41. The minimum absolute atomic E-state index is 0.599. The molecule has 138 valence electrons. The minimum Gasteiger partial charge on any atom is -0.357 e. The van der Waals surface area contributed by atoms with E-state index in [0.717, 1.165) is 47.5 Å². The maximum atomic E-state index is 4.72. The van der Waals surface area contributed by atoms with E-state index in [1.807, 2.05) is 19.2 Å². The van der Waals surface area contributed by atoms with Crippen LogP contribution in [0.1, 0.15) is 33.8 Å². The molecular weight excluding hydrogens is 344 g/mol. The van der Waals surface area contributed by atoms with Gasteiger partial charge in [-0.2, -0.15) is 0 Å². The van der Waals surface area contributed by atoms with E-state index in [1.54, 1.807) is 11.3 Å². The fraction of sp³-hybridized carbons (Fsp3) is 0.421. The number of aryl methyl sites for hydroxylation is 3. The first-order chi connectivity index (χ1) is 12.6. The number of fused-ring (bicyclic) bond motifs is 1. The quantitative estimate of drug-likeness (QED) is 0.517. The fourth-order valence-electron chi connectivity index (χ4n) is 2.73. The molecule has 3 rings (SSSR count). The van der Waals surface area contributed by atoms with E-state index in [4.69, 9.17) is 4.98 Å². The number of aliphatic imine (C=N–C) groups is 1. The van der Waals surface area contributed by atoms with Crippen molar-refractivity contribution in [1.29, 1.82) is 0 Å². The molecule has 0 fully saturated rings. The molecule has 0 unspecified atom stereocenters. The Bertz CT molecular complexity index is 889. The third-order valence-electron chi connectivity index (χ3n) is 4.19. The van der Waals surface area contributed by atoms with Crippen LogP contribution < -0.4 is 10.6 Å². The van der Waals surface area contributed by atoms with Gasteiger partial charge >= 0.3 is 0 Å². The lowest BCUT2D eigenvalue weighted by Crippen LogP contribution is -2.38. The Morgan fingerprint density at radius 1 is 1.23 bits per heavy atom. The highest BCUT2D eigenvalue weighted by Crippen LogP contribution is 2.17. The van der Waals surface area contributed by atoms with Gasteiger partial charge in [-0.15, -0.1) is 11.3 Å².